The molecule has 0 radical (unpaired) electrons. The van der Waals surface area contributed by atoms with Crippen LogP contribution in [0.4, 0.5) is 0 Å². The number of aliphatic hydroxyl groups is 1. The van der Waals surface area contributed by atoms with E-state index in [0.717, 1.165) is 11.1 Å². The Hall–Kier alpha value is -1.98. The van der Waals surface area contributed by atoms with E-state index in [2.05, 4.69) is 0 Å². The lowest BCUT2D eigenvalue weighted by molar-refractivity contribution is -0.125. The molecule has 140 valence electrons. The van der Waals surface area contributed by atoms with Crippen molar-refractivity contribution in [1.29, 1.82) is 0 Å². The van der Waals surface area contributed by atoms with Crippen molar-refractivity contribution >= 4 is 15.6 Å². The second-order valence-corrected chi connectivity index (χ2v) is 9.42. The number of hydrogen-bond donors (Lipinski definition) is 1. The lowest BCUT2D eigenvalue weighted by Crippen LogP contribution is -2.35. The normalized spacial score (nSPS) is 21.5. The SMILES string of the molecule is CC1=C(/C=C/C(C)=C/CS(=O)(=O)c2ccccc2)C(C)(C)CC(O)C1=O. The number of aliphatic hydroxyl groups excluding tert-OH is 1. The number of sulfone groups is 1. The summed E-state index contributed by atoms with van der Waals surface area (Å²) in [6.07, 6.45) is 4.79. The van der Waals surface area contributed by atoms with Crippen LogP contribution in [-0.4, -0.2) is 31.2 Å². The quantitative estimate of drug-likeness (QED) is 0.799. The van der Waals surface area contributed by atoms with Gasteiger partial charge < -0.3 is 5.11 Å². The summed E-state index contributed by atoms with van der Waals surface area (Å²) in [6.45, 7) is 7.54. The van der Waals surface area contributed by atoms with Crippen LogP contribution < -0.4 is 0 Å². The molecule has 0 amide bonds. The molecule has 0 fully saturated rings. The molecule has 1 aliphatic rings. The highest BCUT2D eigenvalue weighted by Crippen LogP contribution is 2.39. The van der Waals surface area contributed by atoms with E-state index in [1.807, 2.05) is 32.9 Å². The van der Waals surface area contributed by atoms with E-state index in [4.69, 9.17) is 0 Å². The number of carbonyl (C=O) groups excluding carboxylic acids is 1. The molecule has 0 saturated carbocycles. The summed E-state index contributed by atoms with van der Waals surface area (Å²) in [5, 5.41) is 9.88. The standard InChI is InChI=1S/C21H26O4S/c1-15(12-13-26(24,25)17-8-6-5-7-9-17)10-11-18-16(2)20(23)19(22)14-21(18,3)4/h5-12,19,22H,13-14H2,1-4H3/b11-10+,15-12+. The lowest BCUT2D eigenvalue weighted by atomic mass is 9.71. The minimum Gasteiger partial charge on any atom is -0.385 e. The first kappa shape index (κ1) is 20.3. The van der Waals surface area contributed by atoms with Crippen molar-refractivity contribution in [2.45, 2.75) is 45.1 Å². The molecule has 1 aromatic carbocycles. The Labute approximate surface area is 155 Å². The summed E-state index contributed by atoms with van der Waals surface area (Å²) in [7, 11) is -3.36. The smallest absolute Gasteiger partial charge is 0.187 e. The van der Waals surface area contributed by atoms with Gasteiger partial charge in [-0.25, -0.2) is 8.42 Å². The average molecular weight is 375 g/mol. The van der Waals surface area contributed by atoms with Gasteiger partial charge in [0, 0.05) is 0 Å². The predicted molar refractivity (Wildman–Crippen MR) is 104 cm³/mol. The van der Waals surface area contributed by atoms with Gasteiger partial charge in [-0.15, -0.1) is 0 Å². The van der Waals surface area contributed by atoms with Gasteiger partial charge in [0.25, 0.3) is 0 Å². The van der Waals surface area contributed by atoms with E-state index < -0.39 is 15.9 Å². The van der Waals surface area contributed by atoms with Gasteiger partial charge in [-0.3, -0.25) is 4.79 Å². The van der Waals surface area contributed by atoms with Crippen LogP contribution in [0.5, 0.6) is 0 Å². The van der Waals surface area contributed by atoms with Crippen LogP contribution in [0.2, 0.25) is 0 Å². The van der Waals surface area contributed by atoms with Crippen LogP contribution in [0.25, 0.3) is 0 Å². The van der Waals surface area contributed by atoms with Gasteiger partial charge in [0.2, 0.25) is 0 Å². The fourth-order valence-electron chi connectivity index (χ4n) is 3.17. The molecule has 2 rings (SSSR count). The lowest BCUT2D eigenvalue weighted by Gasteiger charge is -2.34. The third kappa shape index (κ3) is 4.59. The molecule has 0 aromatic heterocycles. The third-order valence-corrected chi connectivity index (χ3v) is 6.34. The topological polar surface area (TPSA) is 71.4 Å². The second-order valence-electron chi connectivity index (χ2n) is 7.38. The van der Waals surface area contributed by atoms with Crippen molar-refractivity contribution in [3.63, 3.8) is 0 Å². The number of Topliss-reactive ketones (excluding diaryl/α,β-unsaturated/α-hetero) is 1. The summed E-state index contributed by atoms with van der Waals surface area (Å²) in [5.74, 6) is -0.316. The largest absolute Gasteiger partial charge is 0.385 e. The zero-order valence-electron chi connectivity index (χ0n) is 15.7. The minimum atomic E-state index is -3.36. The van der Waals surface area contributed by atoms with Crippen molar-refractivity contribution in [2.24, 2.45) is 5.41 Å². The Morgan fingerprint density at radius 2 is 1.88 bits per heavy atom. The highest BCUT2D eigenvalue weighted by Gasteiger charge is 2.36. The fraction of sp³-hybridized carbons (Fsp3) is 0.381. The van der Waals surface area contributed by atoms with Crippen LogP contribution in [0.1, 0.15) is 34.1 Å². The van der Waals surface area contributed by atoms with Crippen LogP contribution in [0, 0.1) is 5.41 Å². The molecule has 26 heavy (non-hydrogen) atoms. The maximum Gasteiger partial charge on any atom is 0.187 e. The molecule has 0 bridgehead atoms. The molecule has 0 aliphatic heterocycles. The first-order valence-corrected chi connectivity index (χ1v) is 10.3. The Balaban J connectivity index is 2.20. The molecule has 0 saturated heterocycles. The average Bonchev–Trinajstić information content (AvgIpc) is 2.58. The summed E-state index contributed by atoms with van der Waals surface area (Å²) in [4.78, 5) is 12.4. The van der Waals surface area contributed by atoms with Crippen LogP contribution in [0.3, 0.4) is 0 Å². The van der Waals surface area contributed by atoms with Gasteiger partial charge in [0.15, 0.2) is 15.6 Å². The molecule has 1 aliphatic carbocycles. The van der Waals surface area contributed by atoms with E-state index >= 15 is 0 Å². The molecular formula is C21H26O4S. The number of benzene rings is 1. The maximum atomic E-state index is 12.3. The van der Waals surface area contributed by atoms with Gasteiger partial charge >= 0.3 is 0 Å². The van der Waals surface area contributed by atoms with Crippen LogP contribution in [-0.2, 0) is 14.6 Å². The van der Waals surface area contributed by atoms with Crippen molar-refractivity contribution in [3.05, 3.63) is 65.3 Å². The summed E-state index contributed by atoms with van der Waals surface area (Å²) in [5.41, 5.74) is 1.94. The number of ketones is 1. The first-order valence-electron chi connectivity index (χ1n) is 8.61. The number of carbonyl (C=O) groups is 1. The van der Waals surface area contributed by atoms with E-state index in [1.54, 1.807) is 43.3 Å². The van der Waals surface area contributed by atoms with Crippen molar-refractivity contribution in [1.82, 2.24) is 0 Å². The molecule has 1 unspecified atom stereocenters. The molecule has 1 atom stereocenters. The molecule has 0 spiro atoms. The van der Waals surface area contributed by atoms with Crippen molar-refractivity contribution in [3.8, 4) is 0 Å². The third-order valence-electron chi connectivity index (χ3n) is 4.75. The Morgan fingerprint density at radius 3 is 2.50 bits per heavy atom. The van der Waals surface area contributed by atoms with Gasteiger partial charge in [-0.1, -0.05) is 55.8 Å². The fourth-order valence-corrected chi connectivity index (χ4v) is 4.42. The van der Waals surface area contributed by atoms with Gasteiger partial charge in [0.1, 0.15) is 6.10 Å². The zero-order valence-corrected chi connectivity index (χ0v) is 16.5. The molecule has 4 nitrogen and oxygen atoms in total. The summed E-state index contributed by atoms with van der Waals surface area (Å²) in [6, 6.07) is 8.36. The predicted octanol–water partition coefficient (Wildman–Crippen LogP) is 3.64. The van der Waals surface area contributed by atoms with Gasteiger partial charge in [0.05, 0.1) is 10.6 Å². The zero-order chi connectivity index (χ0) is 19.5. The number of allylic oxidation sites excluding steroid dienone is 4. The molecular weight excluding hydrogens is 348 g/mol. The van der Waals surface area contributed by atoms with Crippen molar-refractivity contribution in [2.75, 3.05) is 5.75 Å². The maximum absolute atomic E-state index is 12.3. The molecule has 1 aromatic rings. The second kappa shape index (κ2) is 7.72. The summed E-state index contributed by atoms with van der Waals surface area (Å²) >= 11 is 0. The summed E-state index contributed by atoms with van der Waals surface area (Å²) < 4.78 is 24.7. The van der Waals surface area contributed by atoms with Gasteiger partial charge in [-0.2, -0.15) is 0 Å². The highest BCUT2D eigenvalue weighted by molar-refractivity contribution is 7.91. The molecule has 1 N–H and O–H groups in total. The van der Waals surface area contributed by atoms with Crippen molar-refractivity contribution < 1.29 is 18.3 Å². The Bertz CT molecular complexity index is 872. The van der Waals surface area contributed by atoms with E-state index in [0.29, 0.717) is 16.9 Å². The Kier molecular flexibility index (Phi) is 6.04. The molecule has 5 heteroatoms. The van der Waals surface area contributed by atoms with E-state index in [-0.39, 0.29) is 17.0 Å². The highest BCUT2D eigenvalue weighted by atomic mass is 32.2. The monoisotopic (exact) mass is 374 g/mol. The van der Waals surface area contributed by atoms with E-state index in [1.165, 1.54) is 0 Å². The van der Waals surface area contributed by atoms with E-state index in [9.17, 15) is 18.3 Å². The van der Waals surface area contributed by atoms with Gasteiger partial charge in [-0.05, 0) is 49.0 Å². The first-order chi connectivity index (χ1) is 12.0. The van der Waals surface area contributed by atoms with Crippen LogP contribution >= 0.6 is 0 Å². The number of hydrogen-bond acceptors (Lipinski definition) is 4. The minimum absolute atomic E-state index is 0.0771. The number of rotatable bonds is 5. The Morgan fingerprint density at radius 1 is 1.27 bits per heavy atom. The molecule has 0 heterocycles. The van der Waals surface area contributed by atoms with Crippen LogP contribution in [0.15, 0.2) is 70.2 Å².